The molecule has 0 aromatic heterocycles. The molecule has 0 amide bonds. The molecule has 2 N–H and O–H groups in total. The van der Waals surface area contributed by atoms with Gasteiger partial charge in [-0.15, -0.1) is 0 Å². The van der Waals surface area contributed by atoms with E-state index >= 15 is 0 Å². The Morgan fingerprint density at radius 2 is 2.05 bits per heavy atom. The van der Waals surface area contributed by atoms with Crippen molar-refractivity contribution in [2.45, 2.75) is 13.0 Å². The quantitative estimate of drug-likeness (QED) is 0.884. The minimum Gasteiger partial charge on any atom is -0.497 e. The molecule has 0 aliphatic heterocycles. The lowest BCUT2D eigenvalue weighted by atomic mass is 10.1. The second kappa shape index (κ2) is 7.32. The molecule has 0 saturated heterocycles. The molecule has 0 atom stereocenters. The normalized spacial score (nSPS) is 9.95. The molecular formula is C17H18N2O2. The average molecular weight is 282 g/mol. The Morgan fingerprint density at radius 3 is 2.76 bits per heavy atom. The third-order valence-corrected chi connectivity index (χ3v) is 3.14. The predicted molar refractivity (Wildman–Crippen MR) is 81.2 cm³/mol. The van der Waals surface area contributed by atoms with Crippen LogP contribution in [0.15, 0.2) is 42.5 Å². The van der Waals surface area contributed by atoms with E-state index < -0.39 is 0 Å². The highest BCUT2D eigenvalue weighted by Gasteiger charge is 2.06. The van der Waals surface area contributed by atoms with Gasteiger partial charge in [-0.3, -0.25) is 0 Å². The average Bonchev–Trinajstić information content (AvgIpc) is 2.54. The summed E-state index contributed by atoms with van der Waals surface area (Å²) in [6.07, 6.45) is 0.748. The molecule has 0 bridgehead atoms. The summed E-state index contributed by atoms with van der Waals surface area (Å²) in [5, 5.41) is 8.91. The molecule has 0 unspecified atom stereocenters. The predicted octanol–water partition coefficient (Wildman–Crippen LogP) is 2.65. The Bertz CT molecular complexity index is 647. The van der Waals surface area contributed by atoms with E-state index in [1.54, 1.807) is 13.2 Å². The van der Waals surface area contributed by atoms with Gasteiger partial charge in [0.2, 0.25) is 0 Å². The molecular weight excluding hydrogens is 264 g/mol. The monoisotopic (exact) mass is 282 g/mol. The molecule has 108 valence electrons. The highest BCUT2D eigenvalue weighted by molar-refractivity contribution is 5.41. The molecule has 2 aromatic carbocycles. The smallest absolute Gasteiger partial charge is 0.126 e. The van der Waals surface area contributed by atoms with Crippen LogP contribution in [0.2, 0.25) is 0 Å². The summed E-state index contributed by atoms with van der Waals surface area (Å²) in [7, 11) is 1.62. The van der Waals surface area contributed by atoms with Crippen LogP contribution in [0, 0.1) is 11.3 Å². The Hall–Kier alpha value is -2.51. The van der Waals surface area contributed by atoms with Gasteiger partial charge in [-0.1, -0.05) is 18.2 Å². The van der Waals surface area contributed by atoms with Crippen molar-refractivity contribution < 1.29 is 9.47 Å². The lowest BCUT2D eigenvalue weighted by molar-refractivity contribution is 0.300. The molecule has 2 aromatic rings. The molecule has 21 heavy (non-hydrogen) atoms. The van der Waals surface area contributed by atoms with Crippen LogP contribution in [0.4, 0.5) is 0 Å². The van der Waals surface area contributed by atoms with Crippen LogP contribution in [0.5, 0.6) is 11.5 Å². The van der Waals surface area contributed by atoms with Gasteiger partial charge in [-0.25, -0.2) is 0 Å². The van der Waals surface area contributed by atoms with E-state index in [0.717, 1.165) is 29.0 Å². The van der Waals surface area contributed by atoms with Crippen LogP contribution in [-0.4, -0.2) is 13.7 Å². The number of hydrogen-bond acceptors (Lipinski definition) is 4. The van der Waals surface area contributed by atoms with Gasteiger partial charge in [-0.05, 0) is 42.3 Å². The molecule has 0 spiro atoms. The second-order valence-electron chi connectivity index (χ2n) is 4.61. The summed E-state index contributed by atoms with van der Waals surface area (Å²) >= 11 is 0. The zero-order chi connectivity index (χ0) is 15.1. The fourth-order valence-electron chi connectivity index (χ4n) is 2.05. The van der Waals surface area contributed by atoms with Crippen LogP contribution in [0.25, 0.3) is 0 Å². The van der Waals surface area contributed by atoms with E-state index in [4.69, 9.17) is 20.5 Å². The molecule has 4 nitrogen and oxygen atoms in total. The number of rotatable bonds is 6. The van der Waals surface area contributed by atoms with Crippen molar-refractivity contribution in [1.29, 1.82) is 5.26 Å². The number of hydrogen-bond donors (Lipinski definition) is 1. The number of benzene rings is 2. The molecule has 2 rings (SSSR count). The molecule has 0 fully saturated rings. The molecule has 0 aliphatic rings. The zero-order valence-corrected chi connectivity index (χ0v) is 12.0. The number of ether oxygens (including phenoxy) is 2. The van der Waals surface area contributed by atoms with E-state index in [2.05, 4.69) is 6.07 Å². The first-order valence-electron chi connectivity index (χ1n) is 6.75. The van der Waals surface area contributed by atoms with Crippen LogP contribution in [0.1, 0.15) is 16.7 Å². The summed E-state index contributed by atoms with van der Waals surface area (Å²) in [5.74, 6) is 1.51. The molecule has 0 aliphatic carbocycles. The lowest BCUT2D eigenvalue weighted by Crippen LogP contribution is -2.06. The SMILES string of the molecule is COc1ccc(CCN)c(OCc2cccc(C#N)c2)c1. The highest BCUT2D eigenvalue weighted by Crippen LogP contribution is 2.26. The van der Waals surface area contributed by atoms with Gasteiger partial charge < -0.3 is 15.2 Å². The maximum Gasteiger partial charge on any atom is 0.126 e. The number of methoxy groups -OCH3 is 1. The summed E-state index contributed by atoms with van der Waals surface area (Å²) < 4.78 is 11.1. The molecule has 0 radical (unpaired) electrons. The summed E-state index contributed by atoms with van der Waals surface area (Å²) in [5.41, 5.74) is 8.26. The Morgan fingerprint density at radius 1 is 1.19 bits per heavy atom. The summed E-state index contributed by atoms with van der Waals surface area (Å²) in [6.45, 7) is 0.965. The number of nitriles is 1. The topological polar surface area (TPSA) is 68.3 Å². The number of nitrogens with zero attached hydrogens (tertiary/aromatic N) is 1. The standard InChI is InChI=1S/C17H18N2O2/c1-20-16-6-5-15(7-8-18)17(10-16)21-12-14-4-2-3-13(9-14)11-19/h2-6,9-10H,7-8,12,18H2,1H3. The van der Waals surface area contributed by atoms with Crippen molar-refractivity contribution in [2.24, 2.45) is 5.73 Å². The van der Waals surface area contributed by atoms with E-state index in [1.807, 2.05) is 36.4 Å². The van der Waals surface area contributed by atoms with Crippen LogP contribution < -0.4 is 15.2 Å². The van der Waals surface area contributed by atoms with Gasteiger partial charge in [0.25, 0.3) is 0 Å². The van der Waals surface area contributed by atoms with E-state index in [-0.39, 0.29) is 0 Å². The Kier molecular flexibility index (Phi) is 5.19. The van der Waals surface area contributed by atoms with Gasteiger partial charge >= 0.3 is 0 Å². The molecule has 0 saturated carbocycles. The molecule has 4 heteroatoms. The zero-order valence-electron chi connectivity index (χ0n) is 12.0. The summed E-state index contributed by atoms with van der Waals surface area (Å²) in [6, 6.07) is 15.2. The third kappa shape index (κ3) is 3.98. The minimum absolute atomic E-state index is 0.403. The maximum atomic E-state index is 8.91. The van der Waals surface area contributed by atoms with Gasteiger partial charge in [-0.2, -0.15) is 5.26 Å². The van der Waals surface area contributed by atoms with Gasteiger partial charge in [0.1, 0.15) is 18.1 Å². The van der Waals surface area contributed by atoms with Crippen molar-refractivity contribution in [3.8, 4) is 17.6 Å². The van der Waals surface area contributed by atoms with Crippen LogP contribution in [-0.2, 0) is 13.0 Å². The summed E-state index contributed by atoms with van der Waals surface area (Å²) in [4.78, 5) is 0. The third-order valence-electron chi connectivity index (χ3n) is 3.14. The van der Waals surface area contributed by atoms with E-state index in [9.17, 15) is 0 Å². The largest absolute Gasteiger partial charge is 0.497 e. The first-order valence-corrected chi connectivity index (χ1v) is 6.75. The fourth-order valence-corrected chi connectivity index (χ4v) is 2.05. The highest BCUT2D eigenvalue weighted by atomic mass is 16.5. The van der Waals surface area contributed by atoms with E-state index in [1.165, 1.54) is 0 Å². The Labute approximate surface area is 124 Å². The Balaban J connectivity index is 2.15. The van der Waals surface area contributed by atoms with Crippen LogP contribution >= 0.6 is 0 Å². The van der Waals surface area contributed by atoms with Gasteiger partial charge in [0.05, 0.1) is 18.7 Å². The molecule has 0 heterocycles. The first-order chi connectivity index (χ1) is 10.3. The number of nitrogens with two attached hydrogens (primary N) is 1. The van der Waals surface area contributed by atoms with Crippen molar-refractivity contribution in [3.63, 3.8) is 0 Å². The maximum absolute atomic E-state index is 8.91. The van der Waals surface area contributed by atoms with Gasteiger partial charge in [0, 0.05) is 6.07 Å². The minimum atomic E-state index is 0.403. The fraction of sp³-hybridized carbons (Fsp3) is 0.235. The van der Waals surface area contributed by atoms with Crippen molar-refractivity contribution in [2.75, 3.05) is 13.7 Å². The van der Waals surface area contributed by atoms with E-state index in [0.29, 0.717) is 18.7 Å². The first kappa shape index (κ1) is 14.9. The second-order valence-corrected chi connectivity index (χ2v) is 4.61. The lowest BCUT2D eigenvalue weighted by Gasteiger charge is -2.13. The van der Waals surface area contributed by atoms with Crippen molar-refractivity contribution in [3.05, 3.63) is 59.2 Å². The van der Waals surface area contributed by atoms with Crippen molar-refractivity contribution in [1.82, 2.24) is 0 Å². The van der Waals surface area contributed by atoms with Gasteiger partial charge in [0.15, 0.2) is 0 Å². The van der Waals surface area contributed by atoms with Crippen LogP contribution in [0.3, 0.4) is 0 Å². The van der Waals surface area contributed by atoms with Crippen molar-refractivity contribution >= 4 is 0 Å².